The first-order chi connectivity index (χ1) is 17.8. The van der Waals surface area contributed by atoms with Gasteiger partial charge in [-0.2, -0.15) is 5.10 Å². The number of hydrogen-bond donors (Lipinski definition) is 0. The van der Waals surface area contributed by atoms with E-state index in [1.54, 1.807) is 4.90 Å². The molecular formula is C31H34N4O2. The molecule has 0 aliphatic carbocycles. The fraction of sp³-hybridized carbons (Fsp3) is 0.323. The molecular weight excluding hydrogens is 460 g/mol. The Labute approximate surface area is 218 Å². The summed E-state index contributed by atoms with van der Waals surface area (Å²) < 4.78 is 1.98. The van der Waals surface area contributed by atoms with Crippen LogP contribution in [0.2, 0.25) is 0 Å². The lowest BCUT2D eigenvalue weighted by Crippen LogP contribution is -2.45. The van der Waals surface area contributed by atoms with Crippen molar-refractivity contribution in [2.24, 2.45) is 5.92 Å². The van der Waals surface area contributed by atoms with Crippen LogP contribution in [0.25, 0.3) is 16.5 Å². The van der Waals surface area contributed by atoms with E-state index in [9.17, 15) is 9.59 Å². The van der Waals surface area contributed by atoms with Crippen molar-refractivity contribution in [2.45, 2.75) is 40.2 Å². The summed E-state index contributed by atoms with van der Waals surface area (Å²) in [6, 6.07) is 22.0. The van der Waals surface area contributed by atoms with E-state index in [1.807, 2.05) is 78.2 Å². The standard InChI is InChI=1S/C31H34N4O2/c1-21-11-5-8-17-29(21)35-23(3)28(22(2)32-35)20-33(4)30(36)25-14-10-18-34(19-25)31(37)27-16-9-13-24-12-6-7-15-26(24)27/h5-9,11-13,15-17,25H,10,14,18-20H2,1-4H3. The molecule has 1 aromatic heterocycles. The molecule has 5 rings (SSSR count). The van der Waals surface area contributed by atoms with Gasteiger partial charge in [0, 0.05) is 43.5 Å². The van der Waals surface area contributed by atoms with Gasteiger partial charge < -0.3 is 9.80 Å². The third-order valence-corrected chi connectivity index (χ3v) is 7.63. The van der Waals surface area contributed by atoms with Crippen molar-refractivity contribution in [1.82, 2.24) is 19.6 Å². The largest absolute Gasteiger partial charge is 0.341 e. The van der Waals surface area contributed by atoms with Gasteiger partial charge in [-0.05, 0) is 62.1 Å². The second kappa shape index (κ2) is 10.2. The Morgan fingerprint density at radius 3 is 2.51 bits per heavy atom. The number of rotatable bonds is 5. The maximum absolute atomic E-state index is 13.5. The lowest BCUT2D eigenvalue weighted by molar-refractivity contribution is -0.136. The van der Waals surface area contributed by atoms with Crippen molar-refractivity contribution in [3.63, 3.8) is 0 Å². The summed E-state index contributed by atoms with van der Waals surface area (Å²) in [5.74, 6) is -0.120. The molecule has 0 radical (unpaired) electrons. The highest BCUT2D eigenvalue weighted by Crippen LogP contribution is 2.26. The first-order valence-corrected chi connectivity index (χ1v) is 13.0. The van der Waals surface area contributed by atoms with E-state index >= 15 is 0 Å². The topological polar surface area (TPSA) is 58.4 Å². The minimum Gasteiger partial charge on any atom is -0.341 e. The van der Waals surface area contributed by atoms with E-state index in [4.69, 9.17) is 5.10 Å². The SMILES string of the molecule is Cc1ccccc1-n1nc(C)c(CN(C)C(=O)C2CCCN(C(=O)c3cccc4ccccc34)C2)c1C. The van der Waals surface area contributed by atoms with Crippen LogP contribution in [0.4, 0.5) is 0 Å². The van der Waals surface area contributed by atoms with Crippen molar-refractivity contribution in [3.8, 4) is 5.69 Å². The number of aromatic nitrogens is 2. The molecule has 190 valence electrons. The number of carbonyl (C=O) groups excluding carboxylic acids is 2. The molecule has 2 heterocycles. The van der Waals surface area contributed by atoms with Crippen LogP contribution in [0.5, 0.6) is 0 Å². The van der Waals surface area contributed by atoms with Crippen molar-refractivity contribution in [2.75, 3.05) is 20.1 Å². The summed E-state index contributed by atoms with van der Waals surface area (Å²) in [5, 5.41) is 6.79. The normalized spacial score (nSPS) is 15.7. The van der Waals surface area contributed by atoms with Crippen LogP contribution >= 0.6 is 0 Å². The molecule has 1 unspecified atom stereocenters. The Hall–Kier alpha value is -3.93. The third kappa shape index (κ3) is 4.76. The molecule has 6 nitrogen and oxygen atoms in total. The molecule has 1 aliphatic rings. The maximum Gasteiger partial charge on any atom is 0.254 e. The van der Waals surface area contributed by atoms with Crippen molar-refractivity contribution < 1.29 is 9.59 Å². The summed E-state index contributed by atoms with van der Waals surface area (Å²) in [6.07, 6.45) is 1.62. The van der Waals surface area contributed by atoms with Crippen LogP contribution in [0.3, 0.4) is 0 Å². The van der Waals surface area contributed by atoms with E-state index in [0.717, 1.165) is 51.8 Å². The molecule has 2 amide bonds. The number of fused-ring (bicyclic) bond motifs is 1. The fourth-order valence-corrected chi connectivity index (χ4v) is 5.51. The number of carbonyl (C=O) groups is 2. The van der Waals surface area contributed by atoms with Crippen LogP contribution in [0.1, 0.15) is 45.7 Å². The number of benzene rings is 3. The molecule has 1 atom stereocenters. The third-order valence-electron chi connectivity index (χ3n) is 7.63. The van der Waals surface area contributed by atoms with Crippen LogP contribution in [0.15, 0.2) is 66.7 Å². The monoisotopic (exact) mass is 494 g/mol. The van der Waals surface area contributed by atoms with Gasteiger partial charge in [-0.1, -0.05) is 54.6 Å². The Balaban J connectivity index is 1.31. The molecule has 0 spiro atoms. The molecule has 37 heavy (non-hydrogen) atoms. The predicted molar refractivity (Wildman–Crippen MR) is 147 cm³/mol. The molecule has 0 bridgehead atoms. The number of aryl methyl sites for hydroxylation is 2. The van der Waals surface area contributed by atoms with Gasteiger partial charge in [-0.15, -0.1) is 0 Å². The van der Waals surface area contributed by atoms with Crippen LogP contribution in [-0.2, 0) is 11.3 Å². The Morgan fingerprint density at radius 1 is 0.973 bits per heavy atom. The average Bonchev–Trinajstić information content (AvgIpc) is 3.20. The van der Waals surface area contributed by atoms with Crippen molar-refractivity contribution >= 4 is 22.6 Å². The van der Waals surface area contributed by atoms with E-state index in [2.05, 4.69) is 26.0 Å². The molecule has 1 fully saturated rings. The lowest BCUT2D eigenvalue weighted by atomic mass is 9.95. The van der Waals surface area contributed by atoms with Gasteiger partial charge in [0.1, 0.15) is 0 Å². The summed E-state index contributed by atoms with van der Waals surface area (Å²) in [5.41, 5.74) is 5.95. The van der Waals surface area contributed by atoms with E-state index in [-0.39, 0.29) is 17.7 Å². The van der Waals surface area contributed by atoms with Crippen LogP contribution in [-0.4, -0.2) is 51.5 Å². The lowest BCUT2D eigenvalue weighted by Gasteiger charge is -2.34. The van der Waals surface area contributed by atoms with Crippen LogP contribution in [0, 0.1) is 26.7 Å². The zero-order chi connectivity index (χ0) is 26.1. The van der Waals surface area contributed by atoms with Gasteiger partial charge in [0.2, 0.25) is 5.91 Å². The highest BCUT2D eigenvalue weighted by atomic mass is 16.2. The van der Waals surface area contributed by atoms with Crippen molar-refractivity contribution in [1.29, 1.82) is 0 Å². The van der Waals surface area contributed by atoms with Crippen molar-refractivity contribution in [3.05, 3.63) is 94.8 Å². The van der Waals surface area contributed by atoms with E-state index < -0.39 is 0 Å². The summed E-state index contributed by atoms with van der Waals surface area (Å²) in [6.45, 7) is 7.76. The molecule has 3 aromatic carbocycles. The Morgan fingerprint density at radius 2 is 1.70 bits per heavy atom. The van der Waals surface area contributed by atoms with Crippen LogP contribution < -0.4 is 0 Å². The van der Waals surface area contributed by atoms with Gasteiger partial charge in [-0.25, -0.2) is 4.68 Å². The van der Waals surface area contributed by atoms with Gasteiger partial charge in [0.15, 0.2) is 0 Å². The smallest absolute Gasteiger partial charge is 0.254 e. The molecule has 0 saturated carbocycles. The quantitative estimate of drug-likeness (QED) is 0.370. The minimum atomic E-state index is -0.204. The number of piperidine rings is 1. The number of nitrogens with zero attached hydrogens (tertiary/aromatic N) is 4. The highest BCUT2D eigenvalue weighted by molar-refractivity contribution is 6.07. The number of likely N-dealkylation sites (tertiary alicyclic amines) is 1. The molecule has 1 saturated heterocycles. The number of amides is 2. The summed E-state index contributed by atoms with van der Waals surface area (Å²) >= 11 is 0. The molecule has 6 heteroatoms. The fourth-order valence-electron chi connectivity index (χ4n) is 5.51. The highest BCUT2D eigenvalue weighted by Gasteiger charge is 2.31. The predicted octanol–water partition coefficient (Wildman–Crippen LogP) is 5.46. The average molecular weight is 495 g/mol. The molecule has 4 aromatic rings. The zero-order valence-electron chi connectivity index (χ0n) is 22.1. The van der Waals surface area contributed by atoms with Gasteiger partial charge >= 0.3 is 0 Å². The van der Waals surface area contributed by atoms with E-state index in [0.29, 0.717) is 25.2 Å². The van der Waals surface area contributed by atoms with Gasteiger partial charge in [0.25, 0.3) is 5.91 Å². The zero-order valence-corrected chi connectivity index (χ0v) is 22.1. The molecule has 0 N–H and O–H groups in total. The first kappa shape index (κ1) is 24.8. The number of para-hydroxylation sites is 1. The maximum atomic E-state index is 13.5. The van der Waals surface area contributed by atoms with Gasteiger partial charge in [-0.3, -0.25) is 9.59 Å². The second-order valence-electron chi connectivity index (χ2n) is 10.2. The molecule has 1 aliphatic heterocycles. The number of hydrogen-bond acceptors (Lipinski definition) is 3. The van der Waals surface area contributed by atoms with E-state index in [1.165, 1.54) is 0 Å². The Kier molecular flexibility index (Phi) is 6.83. The summed E-state index contributed by atoms with van der Waals surface area (Å²) in [4.78, 5) is 30.7. The minimum absolute atomic E-state index is 0.00292. The summed E-state index contributed by atoms with van der Waals surface area (Å²) in [7, 11) is 1.86. The second-order valence-corrected chi connectivity index (χ2v) is 10.2. The van der Waals surface area contributed by atoms with Gasteiger partial charge in [0.05, 0.1) is 17.3 Å². The first-order valence-electron chi connectivity index (χ1n) is 13.0. The Bertz CT molecular complexity index is 1470.